The Balaban J connectivity index is 0.00000200. The Bertz CT molecular complexity index is 429. The van der Waals surface area contributed by atoms with Crippen LogP contribution in [0.2, 0.25) is 0 Å². The van der Waals surface area contributed by atoms with E-state index in [4.69, 9.17) is 15.2 Å². The molecule has 2 rings (SSSR count). The van der Waals surface area contributed by atoms with Crippen molar-refractivity contribution in [1.82, 2.24) is 0 Å². The minimum Gasteiger partial charge on any atom is -0.495 e. The largest absolute Gasteiger partial charge is 0.495 e. The van der Waals surface area contributed by atoms with E-state index in [0.717, 1.165) is 22.9 Å². The first-order valence-corrected chi connectivity index (χ1v) is 7.22. The highest BCUT2D eigenvalue weighted by Gasteiger charge is 2.31. The van der Waals surface area contributed by atoms with Crippen molar-refractivity contribution in [2.24, 2.45) is 11.7 Å². The maximum absolute atomic E-state index is 10.3. The molecular formula is C14H21BrClNO3. The smallest absolute Gasteiger partial charge is 0.137 e. The van der Waals surface area contributed by atoms with Crippen LogP contribution < -0.4 is 15.2 Å². The van der Waals surface area contributed by atoms with Gasteiger partial charge in [0.2, 0.25) is 0 Å². The van der Waals surface area contributed by atoms with Crippen LogP contribution in [0.25, 0.3) is 0 Å². The number of aliphatic hydroxyl groups excluding tert-OH is 1. The van der Waals surface area contributed by atoms with Gasteiger partial charge in [0.1, 0.15) is 16.0 Å². The van der Waals surface area contributed by atoms with Crippen LogP contribution in [0, 0.1) is 5.92 Å². The fourth-order valence-electron chi connectivity index (χ4n) is 2.35. The van der Waals surface area contributed by atoms with Crippen LogP contribution in [0.15, 0.2) is 16.6 Å². The Morgan fingerprint density at radius 2 is 1.75 bits per heavy atom. The molecule has 0 aromatic heterocycles. The summed E-state index contributed by atoms with van der Waals surface area (Å²) in [6.07, 6.45) is 2.78. The van der Waals surface area contributed by atoms with Gasteiger partial charge in [0.05, 0.1) is 26.4 Å². The molecule has 1 fully saturated rings. The maximum Gasteiger partial charge on any atom is 0.137 e. The van der Waals surface area contributed by atoms with Gasteiger partial charge in [0.25, 0.3) is 0 Å². The Labute approximate surface area is 134 Å². The van der Waals surface area contributed by atoms with Gasteiger partial charge < -0.3 is 20.3 Å². The van der Waals surface area contributed by atoms with Gasteiger partial charge in [-0.3, -0.25) is 0 Å². The number of ether oxygens (including phenoxy) is 2. The zero-order chi connectivity index (χ0) is 14.0. The van der Waals surface area contributed by atoms with E-state index in [2.05, 4.69) is 15.9 Å². The third-order valence-electron chi connectivity index (χ3n) is 3.85. The highest BCUT2D eigenvalue weighted by Crippen LogP contribution is 2.40. The number of halogens is 2. The van der Waals surface area contributed by atoms with Gasteiger partial charge in [0, 0.05) is 0 Å². The van der Waals surface area contributed by atoms with E-state index in [1.807, 2.05) is 12.1 Å². The molecule has 0 radical (unpaired) electrons. The molecule has 6 heteroatoms. The normalized spacial score (nSPS) is 17.6. The first-order valence-electron chi connectivity index (χ1n) is 6.43. The second-order valence-electron chi connectivity index (χ2n) is 4.95. The summed E-state index contributed by atoms with van der Waals surface area (Å²) in [6.45, 7) is 0. The molecule has 3 N–H and O–H groups in total. The summed E-state index contributed by atoms with van der Waals surface area (Å²) in [6, 6.07) is 3.28. The molecule has 2 atom stereocenters. The van der Waals surface area contributed by atoms with Gasteiger partial charge in [-0.1, -0.05) is 6.42 Å². The molecule has 1 aliphatic rings. The van der Waals surface area contributed by atoms with Crippen molar-refractivity contribution in [1.29, 1.82) is 0 Å². The molecule has 20 heavy (non-hydrogen) atoms. The zero-order valence-corrected chi connectivity index (χ0v) is 14.0. The molecule has 1 aromatic rings. The molecule has 0 bridgehead atoms. The van der Waals surface area contributed by atoms with Gasteiger partial charge in [-0.15, -0.1) is 12.4 Å². The third kappa shape index (κ3) is 3.39. The highest BCUT2D eigenvalue weighted by molar-refractivity contribution is 9.10. The third-order valence-corrected chi connectivity index (χ3v) is 4.64. The number of rotatable bonds is 5. The molecule has 4 nitrogen and oxygen atoms in total. The van der Waals surface area contributed by atoms with E-state index in [1.54, 1.807) is 14.2 Å². The van der Waals surface area contributed by atoms with E-state index in [9.17, 15) is 5.11 Å². The van der Waals surface area contributed by atoms with Gasteiger partial charge >= 0.3 is 0 Å². The molecule has 114 valence electrons. The van der Waals surface area contributed by atoms with Gasteiger partial charge in [-0.05, 0) is 52.4 Å². The van der Waals surface area contributed by atoms with Gasteiger partial charge in [-0.25, -0.2) is 0 Å². The Hall–Kier alpha value is -0.490. The summed E-state index contributed by atoms with van der Waals surface area (Å²) >= 11 is 3.42. The molecule has 0 amide bonds. The summed E-state index contributed by atoms with van der Waals surface area (Å²) in [5.41, 5.74) is 7.00. The highest BCUT2D eigenvalue weighted by atomic mass is 79.9. The molecule has 0 saturated heterocycles. The monoisotopic (exact) mass is 365 g/mol. The number of nitrogens with two attached hydrogens (primary N) is 1. The quantitative estimate of drug-likeness (QED) is 0.840. The van der Waals surface area contributed by atoms with E-state index in [1.165, 1.54) is 6.42 Å². The van der Waals surface area contributed by atoms with Crippen molar-refractivity contribution in [2.45, 2.75) is 31.4 Å². The average molecular weight is 367 g/mol. The van der Waals surface area contributed by atoms with E-state index in [0.29, 0.717) is 17.4 Å². The second kappa shape index (κ2) is 7.50. The van der Waals surface area contributed by atoms with Crippen LogP contribution in [0.5, 0.6) is 11.5 Å². The fourth-order valence-corrected chi connectivity index (χ4v) is 2.91. The molecule has 1 aliphatic carbocycles. The molecule has 0 heterocycles. The summed E-state index contributed by atoms with van der Waals surface area (Å²) < 4.78 is 11.3. The van der Waals surface area contributed by atoms with Crippen LogP contribution in [0.4, 0.5) is 0 Å². The van der Waals surface area contributed by atoms with Crippen molar-refractivity contribution in [3.8, 4) is 11.5 Å². The van der Waals surface area contributed by atoms with Crippen LogP contribution in [-0.4, -0.2) is 25.4 Å². The zero-order valence-electron chi connectivity index (χ0n) is 11.6. The van der Waals surface area contributed by atoms with Crippen molar-refractivity contribution in [2.75, 3.05) is 14.2 Å². The number of methoxy groups -OCH3 is 2. The molecule has 1 saturated carbocycles. The number of hydrogen-bond donors (Lipinski definition) is 2. The predicted molar refractivity (Wildman–Crippen MR) is 84.8 cm³/mol. The molecule has 0 unspecified atom stereocenters. The lowest BCUT2D eigenvalue weighted by molar-refractivity contribution is 0.0413. The van der Waals surface area contributed by atoms with Crippen molar-refractivity contribution in [3.63, 3.8) is 0 Å². The maximum atomic E-state index is 10.3. The van der Waals surface area contributed by atoms with Crippen LogP contribution in [-0.2, 0) is 0 Å². The van der Waals surface area contributed by atoms with Crippen LogP contribution in [0.3, 0.4) is 0 Å². The Morgan fingerprint density at radius 1 is 1.25 bits per heavy atom. The minimum absolute atomic E-state index is 0. The average Bonchev–Trinajstić information content (AvgIpc) is 2.36. The summed E-state index contributed by atoms with van der Waals surface area (Å²) in [7, 11) is 3.19. The van der Waals surface area contributed by atoms with Crippen molar-refractivity contribution in [3.05, 3.63) is 22.2 Å². The number of aliphatic hydroxyl groups is 1. The Morgan fingerprint density at radius 3 is 2.10 bits per heavy atom. The van der Waals surface area contributed by atoms with E-state index < -0.39 is 12.1 Å². The van der Waals surface area contributed by atoms with Crippen LogP contribution in [0.1, 0.15) is 30.9 Å². The number of hydrogen-bond acceptors (Lipinski definition) is 4. The topological polar surface area (TPSA) is 64.7 Å². The fraction of sp³-hybridized carbons (Fsp3) is 0.571. The molecular weight excluding hydrogens is 346 g/mol. The lowest BCUT2D eigenvalue weighted by atomic mass is 9.77. The van der Waals surface area contributed by atoms with Gasteiger partial charge in [-0.2, -0.15) is 0 Å². The molecule has 0 aliphatic heterocycles. The molecule has 0 spiro atoms. The predicted octanol–water partition coefficient (Wildman–Crippen LogP) is 3.05. The first-order chi connectivity index (χ1) is 9.08. The standard InChI is InChI=1S/C14H20BrNO3.ClH/c1-18-10-6-9(7-11(19-2)12(10)15)13(16)14(17)8-4-3-5-8;/h6-8,13-14,17H,3-5,16H2,1-2H3;1H/t13-,14+;/m0./s1. The van der Waals surface area contributed by atoms with Crippen molar-refractivity contribution >= 4 is 28.3 Å². The Kier molecular flexibility index (Phi) is 6.58. The minimum atomic E-state index is -0.510. The second-order valence-corrected chi connectivity index (χ2v) is 5.74. The van der Waals surface area contributed by atoms with E-state index >= 15 is 0 Å². The molecule has 1 aromatic carbocycles. The summed E-state index contributed by atoms with van der Waals surface area (Å²) in [5, 5.41) is 10.3. The van der Waals surface area contributed by atoms with Crippen molar-refractivity contribution < 1.29 is 14.6 Å². The van der Waals surface area contributed by atoms with Gasteiger partial charge in [0.15, 0.2) is 0 Å². The van der Waals surface area contributed by atoms with E-state index in [-0.39, 0.29) is 12.4 Å². The lowest BCUT2D eigenvalue weighted by Crippen LogP contribution is -2.36. The number of benzene rings is 1. The van der Waals surface area contributed by atoms with Crippen LogP contribution >= 0.6 is 28.3 Å². The first kappa shape index (κ1) is 17.6. The summed E-state index contributed by atoms with van der Waals surface area (Å²) in [5.74, 6) is 1.63. The SMILES string of the molecule is COc1cc([C@H](N)[C@H](O)C2CCC2)cc(OC)c1Br.Cl. The lowest BCUT2D eigenvalue weighted by Gasteiger charge is -2.34. The summed E-state index contributed by atoms with van der Waals surface area (Å²) in [4.78, 5) is 0.